The van der Waals surface area contributed by atoms with E-state index in [4.69, 9.17) is 32.3 Å². The number of ether oxygens (including phenoxy) is 3. The maximum atomic E-state index is 12.8. The molecule has 0 heterocycles. The molecular formula is C61H106O16P2. The fraction of sp³-hybridized carbons (Fsp3) is 0.721. The molecule has 4 N–H and O–H groups in total. The summed E-state index contributed by atoms with van der Waals surface area (Å²) in [5.41, 5.74) is 0. The minimum absolute atomic E-state index is 0.102. The Morgan fingerprint density at radius 3 is 1.14 bits per heavy atom. The molecule has 0 aromatic heterocycles. The van der Waals surface area contributed by atoms with E-state index in [9.17, 15) is 43.5 Å². The van der Waals surface area contributed by atoms with E-state index in [1.54, 1.807) is 0 Å². The molecule has 0 spiro atoms. The molecule has 0 aliphatic heterocycles. The number of carbonyl (C=O) groups excluding carboxylic acids is 3. The lowest BCUT2D eigenvalue weighted by molar-refractivity contribution is -0.161. The fourth-order valence-electron chi connectivity index (χ4n) is 7.52. The minimum Gasteiger partial charge on any atom is -0.463 e. The molecule has 16 nitrogen and oxygen atoms in total. The second kappa shape index (κ2) is 55.3. The van der Waals surface area contributed by atoms with Crippen LogP contribution in [0.15, 0.2) is 85.1 Å². The van der Waals surface area contributed by atoms with Crippen molar-refractivity contribution in [1.82, 2.24) is 0 Å². The number of phosphoric acid groups is 2. The first kappa shape index (κ1) is 75.7. The summed E-state index contributed by atoms with van der Waals surface area (Å²) in [4.78, 5) is 58.0. The molecule has 0 aliphatic rings. The van der Waals surface area contributed by atoms with E-state index in [1.165, 1.54) is 57.8 Å². The van der Waals surface area contributed by atoms with Crippen molar-refractivity contribution in [3.63, 3.8) is 0 Å². The number of aliphatic hydroxyl groups excluding tert-OH is 2. The van der Waals surface area contributed by atoms with Crippen LogP contribution in [-0.2, 0) is 55.8 Å². The zero-order valence-corrected chi connectivity index (χ0v) is 50.6. The lowest BCUT2D eigenvalue weighted by Crippen LogP contribution is -2.30. The Hall–Kier alpha value is -3.27. The predicted molar refractivity (Wildman–Crippen MR) is 316 cm³/mol. The smallest absolute Gasteiger partial charge is 0.463 e. The van der Waals surface area contributed by atoms with Crippen LogP contribution in [0.25, 0.3) is 0 Å². The maximum absolute atomic E-state index is 12.8. The Kier molecular flexibility index (Phi) is 53.0. The highest BCUT2D eigenvalue weighted by molar-refractivity contribution is 7.47. The van der Waals surface area contributed by atoms with Crippen LogP contribution in [0.2, 0.25) is 0 Å². The molecule has 0 saturated carbocycles. The molecule has 456 valence electrons. The number of unbranched alkanes of at least 4 members (excludes halogenated alkanes) is 19. The van der Waals surface area contributed by atoms with Gasteiger partial charge in [0.05, 0.1) is 26.4 Å². The van der Waals surface area contributed by atoms with Gasteiger partial charge in [-0.05, 0) is 89.9 Å². The third-order valence-electron chi connectivity index (χ3n) is 12.1. The van der Waals surface area contributed by atoms with Crippen molar-refractivity contribution in [2.45, 2.75) is 245 Å². The largest absolute Gasteiger partial charge is 0.472 e. The molecule has 0 radical (unpaired) electrons. The quantitative estimate of drug-likeness (QED) is 0.0146. The van der Waals surface area contributed by atoms with Crippen LogP contribution in [0.3, 0.4) is 0 Å². The van der Waals surface area contributed by atoms with Crippen LogP contribution >= 0.6 is 15.6 Å². The number of allylic oxidation sites excluding steroid dienone is 14. The molecule has 0 rings (SSSR count). The first-order valence-corrected chi connectivity index (χ1v) is 32.9. The zero-order valence-electron chi connectivity index (χ0n) is 48.8. The van der Waals surface area contributed by atoms with Gasteiger partial charge in [0, 0.05) is 19.3 Å². The number of carbonyl (C=O) groups is 3. The van der Waals surface area contributed by atoms with Crippen LogP contribution < -0.4 is 0 Å². The second-order valence-electron chi connectivity index (χ2n) is 19.8. The van der Waals surface area contributed by atoms with Gasteiger partial charge in [-0.3, -0.25) is 32.5 Å². The van der Waals surface area contributed by atoms with Gasteiger partial charge in [0.25, 0.3) is 0 Å². The topological polar surface area (TPSA) is 231 Å². The molecular weight excluding hydrogens is 1050 g/mol. The molecule has 0 aromatic carbocycles. The van der Waals surface area contributed by atoms with Gasteiger partial charge < -0.3 is 34.2 Å². The van der Waals surface area contributed by atoms with Crippen molar-refractivity contribution in [3.8, 4) is 0 Å². The highest BCUT2D eigenvalue weighted by Gasteiger charge is 2.29. The first-order chi connectivity index (χ1) is 38.2. The Labute approximate surface area is 476 Å². The molecule has 5 atom stereocenters. The van der Waals surface area contributed by atoms with Crippen molar-refractivity contribution in [3.05, 3.63) is 85.1 Å². The summed E-state index contributed by atoms with van der Waals surface area (Å²) in [6.45, 7) is 2.41. The molecule has 0 aromatic rings. The summed E-state index contributed by atoms with van der Waals surface area (Å²) in [5.74, 6) is -1.65. The normalized spacial score (nSPS) is 15.1. The Bertz CT molecular complexity index is 1790. The number of phosphoric ester groups is 2. The zero-order chi connectivity index (χ0) is 58.2. The minimum atomic E-state index is -4.92. The van der Waals surface area contributed by atoms with Gasteiger partial charge >= 0.3 is 33.6 Å². The van der Waals surface area contributed by atoms with Crippen molar-refractivity contribution in [2.75, 3.05) is 39.6 Å². The summed E-state index contributed by atoms with van der Waals surface area (Å²) >= 11 is 0. The van der Waals surface area contributed by atoms with E-state index in [0.717, 1.165) is 103 Å². The summed E-state index contributed by atoms with van der Waals surface area (Å²) in [7, 11) is -9.77. The number of hydrogen-bond acceptors (Lipinski definition) is 14. The molecule has 0 saturated heterocycles. The lowest BCUT2D eigenvalue weighted by atomic mass is 10.1. The van der Waals surface area contributed by atoms with E-state index < -0.39 is 91.5 Å². The molecule has 79 heavy (non-hydrogen) atoms. The predicted octanol–water partition coefficient (Wildman–Crippen LogP) is 15.4. The lowest BCUT2D eigenvalue weighted by Gasteiger charge is -2.21. The molecule has 0 fully saturated rings. The Morgan fingerprint density at radius 1 is 0.367 bits per heavy atom. The van der Waals surface area contributed by atoms with Crippen LogP contribution in [0.5, 0.6) is 0 Å². The van der Waals surface area contributed by atoms with E-state index in [2.05, 4.69) is 93.7 Å². The van der Waals surface area contributed by atoms with Crippen LogP contribution in [0, 0.1) is 0 Å². The second-order valence-corrected chi connectivity index (χ2v) is 22.7. The third-order valence-corrected chi connectivity index (χ3v) is 14.0. The first-order valence-electron chi connectivity index (χ1n) is 29.9. The number of aliphatic hydroxyl groups is 2. The molecule has 0 amide bonds. The molecule has 5 unspecified atom stereocenters. The monoisotopic (exact) mass is 1160 g/mol. The SMILES string of the molecule is CC/C=C\C/C=C\C/C=C\C/C=C\C/C=C\CCCC(=O)OCC(O)COP(=O)(O)OCC(O)COP(=O)(O)OCC(COC(=O)CCCCCCC/C=C\C/C=C\CCCCC)OC(=O)CCCCCCCCCCCCC. The summed E-state index contributed by atoms with van der Waals surface area (Å²) < 4.78 is 60.5. The average Bonchev–Trinajstić information content (AvgIpc) is 3.42. The number of rotatable bonds is 56. The Morgan fingerprint density at radius 2 is 0.684 bits per heavy atom. The van der Waals surface area contributed by atoms with Gasteiger partial charge in [0.15, 0.2) is 6.10 Å². The van der Waals surface area contributed by atoms with Crippen LogP contribution in [0.1, 0.15) is 226 Å². The van der Waals surface area contributed by atoms with Crippen LogP contribution in [-0.4, -0.2) is 95.9 Å². The standard InChI is InChI=1S/C61H106O16P2/c1-4-7-10-13-16-19-22-24-26-27-29-31-33-35-38-41-44-47-59(64)71-50-56(62)51-73-78(67,68)74-52-57(63)53-75-79(69,70)76-55-58(77-61(66)49-46-43-40-37-32-21-18-15-12-9-6-3)54-72-60(65)48-45-42-39-36-34-30-28-25-23-20-17-14-11-8-5-2/h7,10,16-17,19-20,24-26,28-29,31,35,38,56-58,62-63H,4-6,8-9,11-15,18,21-23,27,30,32-34,36-37,39-55H2,1-3H3,(H,67,68)(H,69,70)/b10-7-,19-16-,20-17-,26-24-,28-25-,31-29-,38-35-. The summed E-state index contributed by atoms with van der Waals surface area (Å²) in [6, 6.07) is 0. The van der Waals surface area contributed by atoms with Crippen molar-refractivity contribution in [2.24, 2.45) is 0 Å². The van der Waals surface area contributed by atoms with Gasteiger partial charge in [-0.15, -0.1) is 0 Å². The van der Waals surface area contributed by atoms with Crippen molar-refractivity contribution < 1.29 is 75.8 Å². The van der Waals surface area contributed by atoms with Gasteiger partial charge in [-0.1, -0.05) is 202 Å². The Balaban J connectivity index is 4.70. The number of hydrogen-bond donors (Lipinski definition) is 4. The van der Waals surface area contributed by atoms with Gasteiger partial charge in [0.2, 0.25) is 0 Å². The van der Waals surface area contributed by atoms with E-state index in [-0.39, 0.29) is 19.3 Å². The van der Waals surface area contributed by atoms with Crippen molar-refractivity contribution >= 4 is 33.6 Å². The molecule has 0 bridgehead atoms. The number of esters is 3. The maximum Gasteiger partial charge on any atom is 0.472 e. The fourth-order valence-corrected chi connectivity index (χ4v) is 9.10. The molecule has 18 heteroatoms. The van der Waals surface area contributed by atoms with Crippen LogP contribution in [0.4, 0.5) is 0 Å². The van der Waals surface area contributed by atoms with E-state index >= 15 is 0 Å². The average molecular weight is 1160 g/mol. The third kappa shape index (κ3) is 56.4. The van der Waals surface area contributed by atoms with E-state index in [0.29, 0.717) is 25.7 Å². The summed E-state index contributed by atoms with van der Waals surface area (Å²) in [5, 5.41) is 20.4. The van der Waals surface area contributed by atoms with Gasteiger partial charge in [-0.25, -0.2) is 9.13 Å². The van der Waals surface area contributed by atoms with Crippen molar-refractivity contribution in [1.29, 1.82) is 0 Å². The highest BCUT2D eigenvalue weighted by Crippen LogP contribution is 2.45. The highest BCUT2D eigenvalue weighted by atomic mass is 31.2. The van der Waals surface area contributed by atoms with E-state index in [1.807, 2.05) is 12.2 Å². The molecule has 0 aliphatic carbocycles. The summed E-state index contributed by atoms with van der Waals surface area (Å²) in [6.07, 6.45) is 55.2. The van der Waals surface area contributed by atoms with Gasteiger partial charge in [-0.2, -0.15) is 0 Å². The van der Waals surface area contributed by atoms with Gasteiger partial charge in [0.1, 0.15) is 25.4 Å².